The third kappa shape index (κ3) is 7.35. The lowest BCUT2D eigenvalue weighted by molar-refractivity contribution is -0.153. The summed E-state index contributed by atoms with van der Waals surface area (Å²) in [5, 5.41) is 6.11. The lowest BCUT2D eigenvalue weighted by Gasteiger charge is -2.53. The molecule has 294 valence electrons. The van der Waals surface area contributed by atoms with Gasteiger partial charge in [-0.2, -0.15) is 18.3 Å². The summed E-state index contributed by atoms with van der Waals surface area (Å²) in [5.74, 6) is 1.08. The molecule has 4 fully saturated rings. The number of ether oxygens (including phenoxy) is 4. The van der Waals surface area contributed by atoms with Crippen LogP contribution in [0, 0.1) is 12.3 Å². The largest absolute Gasteiger partial charge is 0.481 e. The number of amides is 1. The van der Waals surface area contributed by atoms with Crippen LogP contribution in [0.2, 0.25) is 0 Å². The van der Waals surface area contributed by atoms with Gasteiger partial charge in [0.05, 0.1) is 18.3 Å². The smallest absolute Gasteiger partial charge is 0.422 e. The summed E-state index contributed by atoms with van der Waals surface area (Å²) < 4.78 is 67.5. The first-order valence-corrected chi connectivity index (χ1v) is 19.3. The quantitative estimate of drug-likeness (QED) is 0.183. The van der Waals surface area contributed by atoms with Crippen LogP contribution in [0.5, 0.6) is 5.75 Å². The summed E-state index contributed by atoms with van der Waals surface area (Å²) >= 11 is 0. The Morgan fingerprint density at radius 1 is 1.05 bits per heavy atom. The van der Waals surface area contributed by atoms with E-state index in [0.717, 1.165) is 48.6 Å². The van der Waals surface area contributed by atoms with Crippen molar-refractivity contribution in [3.05, 3.63) is 47.9 Å². The van der Waals surface area contributed by atoms with Crippen molar-refractivity contribution in [1.29, 1.82) is 0 Å². The molecule has 8 rings (SSSR count). The number of piperidine rings is 1. The van der Waals surface area contributed by atoms with Gasteiger partial charge in [-0.05, 0) is 95.0 Å². The molecule has 0 aliphatic carbocycles. The zero-order chi connectivity index (χ0) is 38.7. The van der Waals surface area contributed by atoms with Crippen LogP contribution in [0.25, 0.3) is 39.0 Å². The number of hydrogen-bond acceptors (Lipinski definition) is 9. The number of benzene rings is 2. The van der Waals surface area contributed by atoms with Gasteiger partial charge in [0, 0.05) is 67.1 Å². The monoisotopic (exact) mass is 762 g/mol. The van der Waals surface area contributed by atoms with Crippen molar-refractivity contribution < 1.29 is 36.9 Å². The number of rotatable bonds is 7. The number of anilines is 1. The molecule has 55 heavy (non-hydrogen) atoms. The highest BCUT2D eigenvalue weighted by molar-refractivity contribution is 6.07. The Balaban J connectivity index is 1.24. The summed E-state index contributed by atoms with van der Waals surface area (Å²) in [4.78, 5) is 26.9. The van der Waals surface area contributed by atoms with E-state index >= 15 is 0 Å². The second-order valence-corrected chi connectivity index (χ2v) is 16.6. The fourth-order valence-corrected chi connectivity index (χ4v) is 8.57. The molecule has 2 unspecified atom stereocenters. The van der Waals surface area contributed by atoms with Crippen molar-refractivity contribution >= 4 is 39.8 Å². The van der Waals surface area contributed by atoms with Crippen molar-refractivity contribution in [2.75, 3.05) is 57.5 Å². The first kappa shape index (κ1) is 37.5. The zero-order valence-corrected chi connectivity index (χ0v) is 32.0. The van der Waals surface area contributed by atoms with Crippen molar-refractivity contribution in [3.8, 4) is 16.9 Å². The highest BCUT2D eigenvalue weighted by atomic mass is 19.4. The van der Waals surface area contributed by atoms with Crippen molar-refractivity contribution in [2.45, 2.75) is 90.1 Å². The molecule has 0 bridgehead atoms. The fraction of sp³-hybridized carbons (Fsp3) is 0.561. The van der Waals surface area contributed by atoms with E-state index in [1.807, 2.05) is 50.6 Å². The molecule has 2 atom stereocenters. The van der Waals surface area contributed by atoms with E-state index in [-0.39, 0.29) is 29.4 Å². The minimum Gasteiger partial charge on any atom is -0.481 e. The number of halogens is 3. The topological polar surface area (TPSA) is 104 Å². The standard InChI is InChI=1S/C41H49F3N6O5/c1-6-26-19-28-34(35(54-24-41(42,43)44)33(26)32-25(2)10-11-30-29(32)20-45-50(30)31-9-7-8-17-53-31)46-36(27-12-18-52-21-27)47-37(28)48-15-13-40(14-16-48)22-49(23-40)38(51)55-39(3,4)5/h6,10-11,19-20,27,31H,1,7-9,12-18,21-24H2,2-5H3. The average molecular weight is 763 g/mol. The Labute approximate surface area is 318 Å². The summed E-state index contributed by atoms with van der Waals surface area (Å²) in [7, 11) is 0. The molecular weight excluding hydrogens is 713 g/mol. The number of likely N-dealkylation sites (tertiary alicyclic amines) is 1. The highest BCUT2D eigenvalue weighted by Crippen LogP contribution is 2.48. The van der Waals surface area contributed by atoms with Gasteiger partial charge >= 0.3 is 12.3 Å². The normalized spacial score (nSPS) is 21.7. The molecule has 2 aromatic carbocycles. The van der Waals surface area contributed by atoms with Crippen molar-refractivity contribution in [3.63, 3.8) is 0 Å². The molecule has 0 radical (unpaired) electrons. The van der Waals surface area contributed by atoms with Crippen LogP contribution in [0.1, 0.15) is 88.4 Å². The fourth-order valence-electron chi connectivity index (χ4n) is 8.57. The Kier molecular flexibility index (Phi) is 9.72. The molecule has 1 spiro atoms. The maximum absolute atomic E-state index is 14.1. The van der Waals surface area contributed by atoms with Crippen LogP contribution in [0.4, 0.5) is 23.8 Å². The van der Waals surface area contributed by atoms with Crippen LogP contribution in [0.15, 0.2) is 31.0 Å². The van der Waals surface area contributed by atoms with E-state index in [2.05, 4.69) is 11.5 Å². The lowest BCUT2D eigenvalue weighted by Crippen LogP contribution is -2.62. The summed E-state index contributed by atoms with van der Waals surface area (Å²) in [5.41, 5.74) is 3.17. The van der Waals surface area contributed by atoms with E-state index in [1.54, 1.807) is 17.2 Å². The number of hydrogen-bond donors (Lipinski definition) is 0. The summed E-state index contributed by atoms with van der Waals surface area (Å²) in [6.45, 7) is 14.3. The first-order chi connectivity index (χ1) is 26.2. The average Bonchev–Trinajstić information content (AvgIpc) is 3.83. The minimum absolute atomic E-state index is 0.0257. The van der Waals surface area contributed by atoms with Crippen molar-refractivity contribution in [2.24, 2.45) is 5.41 Å². The van der Waals surface area contributed by atoms with Gasteiger partial charge in [-0.3, -0.25) is 0 Å². The van der Waals surface area contributed by atoms with Gasteiger partial charge in [-0.15, -0.1) is 0 Å². The number of alkyl halides is 3. The molecule has 4 aliphatic heterocycles. The summed E-state index contributed by atoms with van der Waals surface area (Å²) in [6.07, 6.45) is 3.46. The molecule has 2 aromatic heterocycles. The maximum atomic E-state index is 14.1. The van der Waals surface area contributed by atoms with Crippen LogP contribution in [-0.2, 0) is 14.2 Å². The van der Waals surface area contributed by atoms with E-state index in [1.165, 1.54) is 0 Å². The predicted octanol–water partition coefficient (Wildman–Crippen LogP) is 8.58. The molecule has 4 saturated heterocycles. The molecule has 14 heteroatoms. The highest BCUT2D eigenvalue weighted by Gasteiger charge is 2.48. The van der Waals surface area contributed by atoms with Crippen LogP contribution < -0.4 is 9.64 Å². The maximum Gasteiger partial charge on any atom is 0.422 e. The van der Waals surface area contributed by atoms with E-state index in [4.69, 9.17) is 34.0 Å². The Morgan fingerprint density at radius 2 is 1.84 bits per heavy atom. The molecule has 4 aliphatic rings. The van der Waals surface area contributed by atoms with Gasteiger partial charge in [0.25, 0.3) is 0 Å². The number of carbonyl (C=O) groups is 1. The SMILES string of the molecule is C=Cc1cc2c(N3CCC4(CC3)CN(C(=O)OC(C)(C)C)C4)nc(C3CCOC3)nc2c(OCC(F)(F)F)c1-c1c(C)ccc2c1cnn2C1CCCCO1. The molecular formula is C41H49F3N6O5. The third-order valence-electron chi connectivity index (χ3n) is 11.4. The number of aryl methyl sites for hydroxylation is 1. The number of carbonyl (C=O) groups excluding carboxylic acids is 1. The Hall–Kier alpha value is -4.43. The van der Waals surface area contributed by atoms with E-state index in [0.29, 0.717) is 91.7 Å². The number of aromatic nitrogens is 4. The minimum atomic E-state index is -4.60. The zero-order valence-electron chi connectivity index (χ0n) is 32.0. The van der Waals surface area contributed by atoms with Gasteiger partial charge in [0.15, 0.2) is 18.6 Å². The van der Waals surface area contributed by atoms with Crippen LogP contribution in [-0.4, -0.2) is 95.1 Å². The van der Waals surface area contributed by atoms with Gasteiger partial charge in [0.2, 0.25) is 0 Å². The Bertz CT molecular complexity index is 2100. The van der Waals surface area contributed by atoms with Gasteiger partial charge in [-0.1, -0.05) is 18.7 Å². The van der Waals surface area contributed by atoms with Crippen LogP contribution >= 0.6 is 0 Å². The first-order valence-electron chi connectivity index (χ1n) is 19.3. The van der Waals surface area contributed by atoms with Gasteiger partial charge in [-0.25, -0.2) is 19.4 Å². The summed E-state index contributed by atoms with van der Waals surface area (Å²) in [6, 6.07) is 5.89. The van der Waals surface area contributed by atoms with E-state index in [9.17, 15) is 18.0 Å². The van der Waals surface area contributed by atoms with Crippen molar-refractivity contribution in [1.82, 2.24) is 24.6 Å². The molecule has 6 heterocycles. The number of fused-ring (bicyclic) bond motifs is 2. The molecule has 0 saturated carbocycles. The molecule has 1 amide bonds. The molecule has 0 N–H and O–H groups in total. The van der Waals surface area contributed by atoms with Gasteiger partial charge < -0.3 is 28.7 Å². The molecule has 11 nitrogen and oxygen atoms in total. The lowest BCUT2D eigenvalue weighted by atomic mass is 9.72. The molecule has 4 aromatic rings. The Morgan fingerprint density at radius 3 is 2.49 bits per heavy atom. The predicted molar refractivity (Wildman–Crippen MR) is 203 cm³/mol. The second-order valence-electron chi connectivity index (χ2n) is 16.6. The number of nitrogens with zero attached hydrogens (tertiary/aromatic N) is 6. The third-order valence-corrected chi connectivity index (χ3v) is 11.4. The van der Waals surface area contributed by atoms with E-state index < -0.39 is 18.4 Å². The second kappa shape index (κ2) is 14.3. The van der Waals surface area contributed by atoms with Gasteiger partial charge in [0.1, 0.15) is 22.8 Å². The van der Waals surface area contributed by atoms with Crippen LogP contribution in [0.3, 0.4) is 0 Å².